The maximum Gasteiger partial charge on any atom is 0.303 e. The second-order valence-corrected chi connectivity index (χ2v) is 4.56. The molecule has 1 aromatic heterocycles. The van der Waals surface area contributed by atoms with Crippen molar-refractivity contribution in [2.24, 2.45) is 0 Å². The van der Waals surface area contributed by atoms with Crippen molar-refractivity contribution in [3.8, 4) is 0 Å². The predicted octanol–water partition coefficient (Wildman–Crippen LogP) is 2.74. The van der Waals surface area contributed by atoms with Crippen molar-refractivity contribution in [2.45, 2.75) is 45.4 Å². The Bertz CT molecular complexity index is 411. The van der Waals surface area contributed by atoms with E-state index in [-0.39, 0.29) is 12.3 Å². The van der Waals surface area contributed by atoms with Crippen LogP contribution in [-0.4, -0.2) is 23.5 Å². The van der Waals surface area contributed by atoms with Crippen LogP contribution < -0.4 is 5.32 Å². The number of carboxylic acid groups (broad SMARTS) is 1. The molecule has 0 fully saturated rings. The zero-order valence-electron chi connectivity index (χ0n) is 11.3. The first kappa shape index (κ1) is 15.3. The van der Waals surface area contributed by atoms with E-state index in [0.717, 1.165) is 32.1 Å². The molecular formula is C14H21NO4. The summed E-state index contributed by atoms with van der Waals surface area (Å²) in [4.78, 5) is 22.0. The molecule has 106 valence electrons. The highest BCUT2D eigenvalue weighted by molar-refractivity contribution is 5.94. The van der Waals surface area contributed by atoms with Gasteiger partial charge in [0.1, 0.15) is 5.76 Å². The maximum absolute atomic E-state index is 11.7. The first-order valence-electron chi connectivity index (χ1n) is 6.65. The Balaban J connectivity index is 2.01. The van der Waals surface area contributed by atoms with Crippen LogP contribution in [0.25, 0.3) is 0 Å². The first-order valence-corrected chi connectivity index (χ1v) is 6.65. The van der Waals surface area contributed by atoms with Crippen LogP contribution in [0, 0.1) is 6.92 Å². The van der Waals surface area contributed by atoms with Crippen LogP contribution in [0.1, 0.15) is 54.6 Å². The number of hydrogen-bond acceptors (Lipinski definition) is 3. The second kappa shape index (κ2) is 8.34. The van der Waals surface area contributed by atoms with Crippen LogP contribution in [0.2, 0.25) is 0 Å². The highest BCUT2D eigenvalue weighted by Gasteiger charge is 2.09. The fraction of sp³-hybridized carbons (Fsp3) is 0.571. The molecule has 0 aromatic carbocycles. The third-order valence-electron chi connectivity index (χ3n) is 2.96. The van der Waals surface area contributed by atoms with Gasteiger partial charge in [-0.05, 0) is 25.8 Å². The fourth-order valence-electron chi connectivity index (χ4n) is 1.85. The molecule has 0 radical (unpaired) electrons. The molecule has 0 bridgehead atoms. The summed E-state index contributed by atoms with van der Waals surface area (Å²) in [6.07, 6.45) is 6.34. The monoisotopic (exact) mass is 267 g/mol. The summed E-state index contributed by atoms with van der Waals surface area (Å²) in [7, 11) is 0. The summed E-state index contributed by atoms with van der Waals surface area (Å²) in [5.74, 6) is -0.203. The third-order valence-corrected chi connectivity index (χ3v) is 2.96. The van der Waals surface area contributed by atoms with Crippen LogP contribution in [0.5, 0.6) is 0 Å². The summed E-state index contributed by atoms with van der Waals surface area (Å²) in [5, 5.41) is 11.3. The van der Waals surface area contributed by atoms with E-state index in [2.05, 4.69) is 5.32 Å². The van der Waals surface area contributed by atoms with Crippen LogP contribution in [-0.2, 0) is 4.79 Å². The summed E-state index contributed by atoms with van der Waals surface area (Å²) in [6, 6.07) is 1.66. The second-order valence-electron chi connectivity index (χ2n) is 4.56. The number of carboxylic acids is 1. The van der Waals surface area contributed by atoms with Crippen molar-refractivity contribution >= 4 is 11.9 Å². The quantitative estimate of drug-likeness (QED) is 0.674. The van der Waals surface area contributed by atoms with Gasteiger partial charge in [0, 0.05) is 13.0 Å². The molecule has 1 aromatic rings. The lowest BCUT2D eigenvalue weighted by Crippen LogP contribution is -2.24. The molecule has 0 saturated heterocycles. The Labute approximate surface area is 113 Å². The van der Waals surface area contributed by atoms with Gasteiger partial charge in [-0.25, -0.2) is 0 Å². The molecule has 1 amide bonds. The Kier molecular flexibility index (Phi) is 6.71. The lowest BCUT2D eigenvalue weighted by atomic mass is 10.1. The van der Waals surface area contributed by atoms with E-state index in [1.54, 1.807) is 13.0 Å². The highest BCUT2D eigenvalue weighted by atomic mass is 16.4. The summed E-state index contributed by atoms with van der Waals surface area (Å²) >= 11 is 0. The van der Waals surface area contributed by atoms with Gasteiger partial charge >= 0.3 is 5.97 Å². The third kappa shape index (κ3) is 6.08. The van der Waals surface area contributed by atoms with Gasteiger partial charge in [-0.15, -0.1) is 0 Å². The number of aliphatic carboxylic acids is 1. The van der Waals surface area contributed by atoms with Gasteiger partial charge in [0.15, 0.2) is 0 Å². The Hall–Kier alpha value is -1.78. The van der Waals surface area contributed by atoms with Crippen molar-refractivity contribution in [3.63, 3.8) is 0 Å². The van der Waals surface area contributed by atoms with Crippen LogP contribution in [0.15, 0.2) is 16.7 Å². The molecule has 0 aliphatic heterocycles. The van der Waals surface area contributed by atoms with Gasteiger partial charge in [0.05, 0.1) is 11.8 Å². The normalized spacial score (nSPS) is 10.4. The predicted molar refractivity (Wildman–Crippen MR) is 71.1 cm³/mol. The number of furan rings is 1. The molecular weight excluding hydrogens is 246 g/mol. The standard InChI is InChI=1S/C14H21NO4/c1-11-12(8-10-19-11)14(18)15-9-6-4-2-3-5-7-13(16)17/h8,10H,2-7,9H2,1H3,(H,15,18)(H,16,17). The van der Waals surface area contributed by atoms with Gasteiger partial charge in [-0.3, -0.25) is 9.59 Å². The van der Waals surface area contributed by atoms with Crippen molar-refractivity contribution in [3.05, 3.63) is 23.7 Å². The lowest BCUT2D eigenvalue weighted by molar-refractivity contribution is -0.137. The van der Waals surface area contributed by atoms with E-state index >= 15 is 0 Å². The first-order chi connectivity index (χ1) is 9.11. The van der Waals surface area contributed by atoms with Gasteiger partial charge in [0.2, 0.25) is 0 Å². The van der Waals surface area contributed by atoms with Crippen LogP contribution >= 0.6 is 0 Å². The number of nitrogens with one attached hydrogen (secondary N) is 1. The van der Waals surface area contributed by atoms with E-state index < -0.39 is 5.97 Å². The van der Waals surface area contributed by atoms with Crippen molar-refractivity contribution in [2.75, 3.05) is 6.54 Å². The van der Waals surface area contributed by atoms with Crippen molar-refractivity contribution < 1.29 is 19.1 Å². The summed E-state index contributed by atoms with van der Waals surface area (Å²) in [6.45, 7) is 2.40. The molecule has 5 nitrogen and oxygen atoms in total. The number of carbonyl (C=O) groups excluding carboxylic acids is 1. The molecule has 0 saturated carbocycles. The minimum atomic E-state index is -0.734. The zero-order valence-corrected chi connectivity index (χ0v) is 11.3. The molecule has 0 spiro atoms. The number of unbranched alkanes of at least 4 members (excludes halogenated alkanes) is 4. The average Bonchev–Trinajstić information content (AvgIpc) is 2.78. The minimum absolute atomic E-state index is 0.0999. The molecule has 5 heteroatoms. The van der Waals surface area contributed by atoms with Gasteiger partial charge in [-0.2, -0.15) is 0 Å². The number of carbonyl (C=O) groups is 2. The SMILES string of the molecule is Cc1occc1C(=O)NCCCCCCCC(=O)O. The minimum Gasteiger partial charge on any atom is -0.481 e. The maximum atomic E-state index is 11.7. The molecule has 19 heavy (non-hydrogen) atoms. The molecule has 0 aliphatic carbocycles. The Morgan fingerprint density at radius 3 is 2.53 bits per heavy atom. The van der Waals surface area contributed by atoms with Gasteiger partial charge < -0.3 is 14.8 Å². The van der Waals surface area contributed by atoms with Crippen molar-refractivity contribution in [1.29, 1.82) is 0 Å². The van der Waals surface area contributed by atoms with Gasteiger partial charge in [0.25, 0.3) is 5.91 Å². The summed E-state index contributed by atoms with van der Waals surface area (Å²) in [5.41, 5.74) is 0.585. The van der Waals surface area contributed by atoms with Crippen LogP contribution in [0.4, 0.5) is 0 Å². The van der Waals surface area contributed by atoms with E-state index in [9.17, 15) is 9.59 Å². The lowest BCUT2D eigenvalue weighted by Gasteiger charge is -2.04. The molecule has 1 heterocycles. The fourth-order valence-corrected chi connectivity index (χ4v) is 1.85. The van der Waals surface area contributed by atoms with Crippen LogP contribution in [0.3, 0.4) is 0 Å². The Morgan fingerprint density at radius 2 is 1.89 bits per heavy atom. The van der Waals surface area contributed by atoms with Crippen molar-refractivity contribution in [1.82, 2.24) is 5.32 Å². The van der Waals surface area contributed by atoms with E-state index in [1.807, 2.05) is 0 Å². The van der Waals surface area contributed by atoms with E-state index in [4.69, 9.17) is 9.52 Å². The van der Waals surface area contributed by atoms with Gasteiger partial charge in [-0.1, -0.05) is 19.3 Å². The molecule has 0 atom stereocenters. The highest BCUT2D eigenvalue weighted by Crippen LogP contribution is 2.08. The smallest absolute Gasteiger partial charge is 0.303 e. The largest absolute Gasteiger partial charge is 0.481 e. The molecule has 1 rings (SSSR count). The van der Waals surface area contributed by atoms with E-state index in [0.29, 0.717) is 17.9 Å². The average molecular weight is 267 g/mol. The Morgan fingerprint density at radius 1 is 1.21 bits per heavy atom. The molecule has 0 aliphatic rings. The molecule has 2 N–H and O–H groups in total. The number of aryl methyl sites for hydroxylation is 1. The summed E-state index contributed by atoms with van der Waals surface area (Å²) < 4.78 is 5.07. The topological polar surface area (TPSA) is 79.5 Å². The number of rotatable bonds is 9. The van der Waals surface area contributed by atoms with E-state index in [1.165, 1.54) is 6.26 Å². The zero-order chi connectivity index (χ0) is 14.1. The number of hydrogen-bond donors (Lipinski definition) is 2. The number of amides is 1. The molecule has 0 unspecified atom stereocenters.